The van der Waals surface area contributed by atoms with Crippen molar-refractivity contribution in [1.82, 2.24) is 5.32 Å². The van der Waals surface area contributed by atoms with Crippen LogP contribution >= 0.6 is 12.2 Å². The van der Waals surface area contributed by atoms with E-state index in [4.69, 9.17) is 12.2 Å². The molecular formula is C16H11N3O3S. The number of amides is 1. The van der Waals surface area contributed by atoms with Gasteiger partial charge in [0.25, 0.3) is 11.6 Å². The molecule has 0 unspecified atom stereocenters. The van der Waals surface area contributed by atoms with Crippen LogP contribution in [0.2, 0.25) is 0 Å². The van der Waals surface area contributed by atoms with Crippen molar-refractivity contribution < 1.29 is 9.72 Å². The molecule has 3 rings (SSSR count). The second kappa shape index (κ2) is 5.98. The van der Waals surface area contributed by atoms with E-state index in [-0.39, 0.29) is 22.4 Å². The van der Waals surface area contributed by atoms with Crippen molar-refractivity contribution in [3.8, 4) is 0 Å². The minimum absolute atomic E-state index is 0.0349. The Morgan fingerprint density at radius 2 is 1.87 bits per heavy atom. The zero-order valence-electron chi connectivity index (χ0n) is 11.8. The molecule has 1 aliphatic rings. The second-order valence-corrected chi connectivity index (χ2v) is 5.20. The standard InChI is InChI=1S/C16H11N3O3S/c20-15-14(10-11-5-4-8-13(9-11)19(21)22)17-16(23)18(15)12-6-2-1-3-7-12/h1-10H,(H,17,23)/b14-10-. The molecule has 1 aliphatic heterocycles. The third-order valence-electron chi connectivity index (χ3n) is 3.28. The molecule has 114 valence electrons. The summed E-state index contributed by atoms with van der Waals surface area (Å²) < 4.78 is 0. The number of carbonyl (C=O) groups is 1. The Labute approximate surface area is 137 Å². The zero-order valence-corrected chi connectivity index (χ0v) is 12.6. The van der Waals surface area contributed by atoms with Crippen LogP contribution in [0, 0.1) is 10.1 Å². The lowest BCUT2D eigenvalue weighted by Gasteiger charge is -2.13. The number of hydrogen-bond acceptors (Lipinski definition) is 4. The van der Waals surface area contributed by atoms with Gasteiger partial charge in [-0.1, -0.05) is 30.3 Å². The largest absolute Gasteiger partial charge is 0.327 e. The van der Waals surface area contributed by atoms with Crippen LogP contribution in [0.15, 0.2) is 60.3 Å². The normalized spacial score (nSPS) is 15.8. The first kappa shape index (κ1) is 14.9. The Kier molecular flexibility index (Phi) is 3.86. The van der Waals surface area contributed by atoms with Crippen molar-refractivity contribution in [2.24, 2.45) is 0 Å². The fourth-order valence-corrected chi connectivity index (χ4v) is 2.54. The van der Waals surface area contributed by atoms with Gasteiger partial charge < -0.3 is 5.32 Å². The molecule has 2 aromatic rings. The number of nitro benzene ring substituents is 1. The molecule has 1 fully saturated rings. The maximum absolute atomic E-state index is 12.5. The molecule has 1 amide bonds. The maximum Gasteiger partial charge on any atom is 0.281 e. The first-order valence-electron chi connectivity index (χ1n) is 6.73. The predicted octanol–water partition coefficient (Wildman–Crippen LogP) is 2.86. The number of carbonyl (C=O) groups excluding carboxylic acids is 1. The molecule has 0 bridgehead atoms. The summed E-state index contributed by atoms with van der Waals surface area (Å²) in [5.74, 6) is -0.298. The number of hydrogen-bond donors (Lipinski definition) is 1. The van der Waals surface area contributed by atoms with Crippen molar-refractivity contribution in [3.05, 3.63) is 76.0 Å². The van der Waals surface area contributed by atoms with Gasteiger partial charge in [0.15, 0.2) is 5.11 Å². The quantitative estimate of drug-likeness (QED) is 0.406. The molecule has 0 spiro atoms. The highest BCUT2D eigenvalue weighted by molar-refractivity contribution is 7.80. The molecule has 0 atom stereocenters. The lowest BCUT2D eigenvalue weighted by atomic mass is 10.1. The number of anilines is 1. The minimum Gasteiger partial charge on any atom is -0.327 e. The van der Waals surface area contributed by atoms with Gasteiger partial charge in [-0.05, 0) is 36.0 Å². The number of para-hydroxylation sites is 1. The van der Waals surface area contributed by atoms with Crippen molar-refractivity contribution in [3.63, 3.8) is 0 Å². The molecule has 0 radical (unpaired) electrons. The van der Waals surface area contributed by atoms with Gasteiger partial charge in [0.2, 0.25) is 0 Å². The number of rotatable bonds is 3. The van der Waals surface area contributed by atoms with E-state index in [1.54, 1.807) is 30.3 Å². The maximum atomic E-state index is 12.5. The van der Waals surface area contributed by atoms with Crippen LogP contribution in [0.5, 0.6) is 0 Å². The van der Waals surface area contributed by atoms with Gasteiger partial charge in [0.1, 0.15) is 5.70 Å². The molecule has 1 saturated heterocycles. The number of nitro groups is 1. The lowest BCUT2D eigenvalue weighted by Crippen LogP contribution is -2.30. The van der Waals surface area contributed by atoms with Crippen molar-refractivity contribution in [1.29, 1.82) is 0 Å². The zero-order chi connectivity index (χ0) is 16.4. The Balaban J connectivity index is 1.93. The topological polar surface area (TPSA) is 75.5 Å². The van der Waals surface area contributed by atoms with Crippen LogP contribution in [-0.4, -0.2) is 15.9 Å². The molecule has 23 heavy (non-hydrogen) atoms. The van der Waals surface area contributed by atoms with Crippen molar-refractivity contribution in [2.75, 3.05) is 4.90 Å². The molecular weight excluding hydrogens is 314 g/mol. The lowest BCUT2D eigenvalue weighted by molar-refractivity contribution is -0.384. The number of nitrogens with one attached hydrogen (secondary N) is 1. The molecule has 1 N–H and O–H groups in total. The van der Waals surface area contributed by atoms with Crippen LogP contribution in [-0.2, 0) is 4.79 Å². The number of non-ortho nitro benzene ring substituents is 1. The minimum atomic E-state index is -0.479. The van der Waals surface area contributed by atoms with Gasteiger partial charge in [-0.15, -0.1) is 0 Å². The van der Waals surface area contributed by atoms with E-state index < -0.39 is 4.92 Å². The molecule has 0 saturated carbocycles. The number of nitrogens with zero attached hydrogens (tertiary/aromatic N) is 2. The highest BCUT2D eigenvalue weighted by Crippen LogP contribution is 2.23. The van der Waals surface area contributed by atoms with Gasteiger partial charge in [-0.25, -0.2) is 0 Å². The highest BCUT2D eigenvalue weighted by atomic mass is 32.1. The summed E-state index contributed by atoms with van der Waals surface area (Å²) in [5, 5.41) is 13.9. The summed E-state index contributed by atoms with van der Waals surface area (Å²) in [4.78, 5) is 24.2. The average Bonchev–Trinajstić information content (AvgIpc) is 2.82. The monoisotopic (exact) mass is 325 g/mol. The van der Waals surface area contributed by atoms with E-state index in [1.807, 2.05) is 18.2 Å². The van der Waals surface area contributed by atoms with Gasteiger partial charge >= 0.3 is 0 Å². The van der Waals surface area contributed by atoms with Crippen molar-refractivity contribution in [2.45, 2.75) is 0 Å². The summed E-state index contributed by atoms with van der Waals surface area (Å²) >= 11 is 5.21. The Morgan fingerprint density at radius 1 is 1.13 bits per heavy atom. The fraction of sp³-hybridized carbons (Fsp3) is 0. The number of benzene rings is 2. The SMILES string of the molecule is O=C1/C(=C/c2cccc([N+](=O)[O-])c2)NC(=S)N1c1ccccc1. The first-order valence-corrected chi connectivity index (χ1v) is 7.14. The average molecular weight is 325 g/mol. The Bertz CT molecular complexity index is 833. The van der Waals surface area contributed by atoms with Crippen LogP contribution in [0.1, 0.15) is 5.56 Å². The third kappa shape index (κ3) is 2.95. The van der Waals surface area contributed by atoms with Gasteiger partial charge in [-0.3, -0.25) is 19.8 Å². The van der Waals surface area contributed by atoms with E-state index >= 15 is 0 Å². The first-order chi connectivity index (χ1) is 11.1. The summed E-state index contributed by atoms with van der Waals surface area (Å²) in [7, 11) is 0. The van der Waals surface area contributed by atoms with Crippen LogP contribution in [0.3, 0.4) is 0 Å². The van der Waals surface area contributed by atoms with E-state index in [0.717, 1.165) is 0 Å². The van der Waals surface area contributed by atoms with E-state index in [2.05, 4.69) is 5.32 Å². The van der Waals surface area contributed by atoms with Gasteiger partial charge in [0.05, 0.1) is 10.6 Å². The Hall–Kier alpha value is -3.06. The highest BCUT2D eigenvalue weighted by Gasteiger charge is 2.31. The summed E-state index contributed by atoms with van der Waals surface area (Å²) in [6.07, 6.45) is 1.55. The van der Waals surface area contributed by atoms with E-state index in [1.165, 1.54) is 17.0 Å². The molecule has 0 aromatic heterocycles. The smallest absolute Gasteiger partial charge is 0.281 e. The molecule has 0 aliphatic carbocycles. The molecule has 6 nitrogen and oxygen atoms in total. The number of thiocarbonyl (C=S) groups is 1. The summed E-state index contributed by atoms with van der Waals surface area (Å²) in [6.45, 7) is 0. The van der Waals surface area contributed by atoms with E-state index in [9.17, 15) is 14.9 Å². The summed E-state index contributed by atoms with van der Waals surface area (Å²) in [6, 6.07) is 15.1. The molecule has 2 aromatic carbocycles. The second-order valence-electron chi connectivity index (χ2n) is 4.82. The van der Waals surface area contributed by atoms with Crippen LogP contribution in [0.4, 0.5) is 11.4 Å². The fourth-order valence-electron chi connectivity index (χ4n) is 2.24. The van der Waals surface area contributed by atoms with Crippen molar-refractivity contribution >= 4 is 40.7 Å². The van der Waals surface area contributed by atoms with Crippen LogP contribution < -0.4 is 10.2 Å². The Morgan fingerprint density at radius 3 is 2.57 bits per heavy atom. The third-order valence-corrected chi connectivity index (χ3v) is 3.57. The molecule has 7 heteroatoms. The summed E-state index contributed by atoms with van der Waals surface area (Å²) in [5.41, 5.74) is 1.46. The van der Waals surface area contributed by atoms with Crippen LogP contribution in [0.25, 0.3) is 6.08 Å². The van der Waals surface area contributed by atoms with Gasteiger partial charge in [-0.2, -0.15) is 0 Å². The molecule has 1 heterocycles. The van der Waals surface area contributed by atoms with E-state index in [0.29, 0.717) is 11.3 Å². The predicted molar refractivity (Wildman–Crippen MR) is 90.7 cm³/mol. The van der Waals surface area contributed by atoms with Gasteiger partial charge in [0, 0.05) is 12.1 Å².